The van der Waals surface area contributed by atoms with Crippen LogP contribution in [0.4, 0.5) is 0 Å². The van der Waals surface area contributed by atoms with Crippen LogP contribution >= 0.6 is 0 Å². The Hall–Kier alpha value is -0.905. The average Bonchev–Trinajstić information content (AvgIpc) is 2.56. The van der Waals surface area contributed by atoms with Crippen LogP contribution in [0.25, 0.3) is 0 Å². The third kappa shape index (κ3) is 3.22. The molecule has 0 spiro atoms. The van der Waals surface area contributed by atoms with Gasteiger partial charge in [-0.1, -0.05) is 19.9 Å². The number of nitrogens with zero attached hydrogens (tertiary/aromatic N) is 1. The molecule has 0 aliphatic carbocycles. The van der Waals surface area contributed by atoms with E-state index in [0.717, 1.165) is 17.6 Å². The van der Waals surface area contributed by atoms with E-state index in [1.54, 1.807) is 0 Å². The molecule has 1 aromatic rings. The zero-order chi connectivity index (χ0) is 15.0. The lowest BCUT2D eigenvalue weighted by Crippen LogP contribution is -2.41. The summed E-state index contributed by atoms with van der Waals surface area (Å²) in [4.78, 5) is 4.30. The molecule has 110 valence electrons. The second-order valence-corrected chi connectivity index (χ2v) is 6.75. The first kappa shape index (κ1) is 15.5. The Morgan fingerprint density at radius 2 is 1.75 bits per heavy atom. The predicted octanol–water partition coefficient (Wildman–Crippen LogP) is 1.88. The Morgan fingerprint density at radius 3 is 2.30 bits per heavy atom. The summed E-state index contributed by atoms with van der Waals surface area (Å²) < 4.78 is 12.1. The van der Waals surface area contributed by atoms with Gasteiger partial charge in [0.2, 0.25) is 0 Å². The fraction of sp³-hybridized carbons (Fsp3) is 0.667. The van der Waals surface area contributed by atoms with E-state index in [4.69, 9.17) is 9.31 Å². The summed E-state index contributed by atoms with van der Waals surface area (Å²) in [6.45, 7) is 13.3. The van der Waals surface area contributed by atoms with E-state index >= 15 is 0 Å². The lowest BCUT2D eigenvalue weighted by molar-refractivity contribution is 0.00578. The van der Waals surface area contributed by atoms with Crippen molar-refractivity contribution in [3.8, 4) is 0 Å². The number of hydrogen-bond acceptors (Lipinski definition) is 4. The Labute approximate surface area is 122 Å². The molecule has 1 N–H and O–H groups in total. The molecular weight excluding hydrogens is 251 g/mol. The fourth-order valence-corrected chi connectivity index (χ4v) is 2.03. The van der Waals surface area contributed by atoms with Crippen LogP contribution < -0.4 is 10.8 Å². The molecule has 0 saturated carbocycles. The topological polar surface area (TPSA) is 43.4 Å². The lowest BCUT2D eigenvalue weighted by atomic mass is 9.80. The highest BCUT2D eigenvalue weighted by atomic mass is 16.7. The number of rotatable bonds is 4. The molecule has 0 radical (unpaired) electrons. The Kier molecular flexibility index (Phi) is 4.23. The van der Waals surface area contributed by atoms with E-state index in [9.17, 15) is 0 Å². The van der Waals surface area contributed by atoms with Crippen molar-refractivity contribution in [3.63, 3.8) is 0 Å². The molecule has 5 heteroatoms. The minimum atomic E-state index is -0.341. The van der Waals surface area contributed by atoms with Gasteiger partial charge >= 0.3 is 7.12 Å². The van der Waals surface area contributed by atoms with E-state index < -0.39 is 0 Å². The molecule has 1 fully saturated rings. The summed E-state index contributed by atoms with van der Waals surface area (Å²) in [5, 5.41) is 3.39. The van der Waals surface area contributed by atoms with Crippen molar-refractivity contribution in [2.24, 2.45) is 0 Å². The molecule has 0 amide bonds. The molecule has 1 aliphatic heterocycles. The lowest BCUT2D eigenvalue weighted by Gasteiger charge is -2.32. The summed E-state index contributed by atoms with van der Waals surface area (Å²) in [7, 11) is -0.341. The molecule has 1 aromatic heterocycles. The van der Waals surface area contributed by atoms with Gasteiger partial charge in [0.05, 0.1) is 11.2 Å². The molecule has 0 unspecified atom stereocenters. The third-order valence-electron chi connectivity index (χ3n) is 4.06. The Balaban J connectivity index is 2.12. The number of aromatic nitrogens is 1. The second-order valence-electron chi connectivity index (χ2n) is 6.75. The SMILES string of the molecule is CC(C)NCc1cncc(B2OC(C)(C)C(C)(C)O2)c1. The summed E-state index contributed by atoms with van der Waals surface area (Å²) in [6, 6.07) is 2.56. The fourth-order valence-electron chi connectivity index (χ4n) is 2.03. The van der Waals surface area contributed by atoms with Gasteiger partial charge in [-0.3, -0.25) is 4.98 Å². The molecule has 20 heavy (non-hydrogen) atoms. The van der Waals surface area contributed by atoms with Gasteiger partial charge in [-0.25, -0.2) is 0 Å². The second kappa shape index (κ2) is 5.47. The molecule has 0 aromatic carbocycles. The van der Waals surface area contributed by atoms with E-state index in [-0.39, 0.29) is 18.3 Å². The highest BCUT2D eigenvalue weighted by molar-refractivity contribution is 6.62. The summed E-state index contributed by atoms with van der Waals surface area (Å²) in [6.07, 6.45) is 3.70. The summed E-state index contributed by atoms with van der Waals surface area (Å²) >= 11 is 0. The quantitative estimate of drug-likeness (QED) is 0.853. The van der Waals surface area contributed by atoms with Crippen LogP contribution in [0.5, 0.6) is 0 Å². The number of nitrogens with one attached hydrogen (secondary N) is 1. The predicted molar refractivity (Wildman–Crippen MR) is 81.9 cm³/mol. The van der Waals surface area contributed by atoms with Crippen molar-refractivity contribution >= 4 is 12.6 Å². The largest absolute Gasteiger partial charge is 0.496 e. The van der Waals surface area contributed by atoms with Crippen molar-refractivity contribution in [2.75, 3.05) is 0 Å². The molecule has 2 rings (SSSR count). The van der Waals surface area contributed by atoms with Crippen LogP contribution in [0.2, 0.25) is 0 Å². The molecule has 1 saturated heterocycles. The number of pyridine rings is 1. The van der Waals surface area contributed by atoms with Crippen molar-refractivity contribution < 1.29 is 9.31 Å². The monoisotopic (exact) mass is 276 g/mol. The van der Waals surface area contributed by atoms with Gasteiger partial charge in [0, 0.05) is 30.4 Å². The average molecular weight is 276 g/mol. The number of hydrogen-bond donors (Lipinski definition) is 1. The van der Waals surface area contributed by atoms with Gasteiger partial charge in [0.25, 0.3) is 0 Å². The first-order chi connectivity index (χ1) is 9.21. The smallest absolute Gasteiger partial charge is 0.399 e. The minimum absolute atomic E-state index is 0.316. The van der Waals surface area contributed by atoms with Crippen LogP contribution in [0.1, 0.15) is 47.1 Å². The maximum atomic E-state index is 6.05. The Morgan fingerprint density at radius 1 is 1.15 bits per heavy atom. The molecule has 0 atom stereocenters. The van der Waals surface area contributed by atoms with E-state index in [1.807, 2.05) is 12.4 Å². The van der Waals surface area contributed by atoms with Crippen molar-refractivity contribution in [2.45, 2.75) is 65.3 Å². The van der Waals surface area contributed by atoms with Crippen molar-refractivity contribution in [1.29, 1.82) is 0 Å². The van der Waals surface area contributed by atoms with Gasteiger partial charge in [-0.05, 0) is 33.3 Å². The first-order valence-corrected chi connectivity index (χ1v) is 7.24. The highest BCUT2D eigenvalue weighted by Crippen LogP contribution is 2.36. The third-order valence-corrected chi connectivity index (χ3v) is 4.06. The van der Waals surface area contributed by atoms with Crippen LogP contribution in [0.3, 0.4) is 0 Å². The van der Waals surface area contributed by atoms with Gasteiger partial charge in [0.1, 0.15) is 0 Å². The van der Waals surface area contributed by atoms with Gasteiger partial charge < -0.3 is 14.6 Å². The van der Waals surface area contributed by atoms with Crippen LogP contribution in [-0.4, -0.2) is 29.3 Å². The van der Waals surface area contributed by atoms with Crippen molar-refractivity contribution in [1.82, 2.24) is 10.3 Å². The molecule has 0 bridgehead atoms. The molecule has 4 nitrogen and oxygen atoms in total. The zero-order valence-electron chi connectivity index (χ0n) is 13.4. The van der Waals surface area contributed by atoms with Crippen LogP contribution in [0, 0.1) is 0 Å². The summed E-state index contributed by atoms with van der Waals surface area (Å²) in [5.41, 5.74) is 1.49. The van der Waals surface area contributed by atoms with Gasteiger partial charge in [0.15, 0.2) is 0 Å². The van der Waals surface area contributed by atoms with Gasteiger partial charge in [-0.2, -0.15) is 0 Å². The van der Waals surface area contributed by atoms with E-state index in [1.165, 1.54) is 0 Å². The van der Waals surface area contributed by atoms with E-state index in [2.05, 4.69) is 57.9 Å². The summed E-state index contributed by atoms with van der Waals surface area (Å²) in [5.74, 6) is 0. The minimum Gasteiger partial charge on any atom is -0.399 e. The van der Waals surface area contributed by atoms with Crippen LogP contribution in [-0.2, 0) is 15.9 Å². The standard InChI is InChI=1S/C15H25BN2O2/c1-11(2)18-9-12-7-13(10-17-8-12)16-19-14(3,4)15(5,6)20-16/h7-8,10-11,18H,9H2,1-6H3. The normalized spacial score (nSPS) is 20.6. The molecule has 2 heterocycles. The maximum Gasteiger partial charge on any atom is 0.496 e. The van der Waals surface area contributed by atoms with Crippen molar-refractivity contribution in [3.05, 3.63) is 24.0 Å². The van der Waals surface area contributed by atoms with E-state index in [0.29, 0.717) is 6.04 Å². The maximum absolute atomic E-state index is 6.05. The highest BCUT2D eigenvalue weighted by Gasteiger charge is 2.51. The zero-order valence-corrected chi connectivity index (χ0v) is 13.4. The van der Waals surface area contributed by atoms with Crippen LogP contribution in [0.15, 0.2) is 18.5 Å². The Bertz CT molecular complexity index is 459. The van der Waals surface area contributed by atoms with Gasteiger partial charge in [-0.15, -0.1) is 0 Å². The molecular formula is C15H25BN2O2. The molecule has 1 aliphatic rings. The first-order valence-electron chi connectivity index (χ1n) is 7.24.